The van der Waals surface area contributed by atoms with Gasteiger partial charge in [-0.05, 0) is 38.9 Å². The Morgan fingerprint density at radius 3 is 2.74 bits per heavy atom. The zero-order valence-electron chi connectivity index (χ0n) is 11.9. The van der Waals surface area contributed by atoms with Crippen LogP contribution in [0.25, 0.3) is 0 Å². The van der Waals surface area contributed by atoms with E-state index >= 15 is 0 Å². The lowest BCUT2D eigenvalue weighted by atomic mass is 9.89. The van der Waals surface area contributed by atoms with E-state index in [0.717, 1.165) is 24.3 Å². The Morgan fingerprint density at radius 2 is 2.16 bits per heavy atom. The van der Waals surface area contributed by atoms with E-state index in [-0.39, 0.29) is 12.1 Å². The van der Waals surface area contributed by atoms with Crippen LogP contribution in [0.5, 0.6) is 0 Å². The third kappa shape index (κ3) is 4.03. The molecule has 1 aliphatic heterocycles. The number of piperidine rings is 1. The number of carbonyl (C=O) groups is 2. The zero-order chi connectivity index (χ0) is 14.5. The van der Waals surface area contributed by atoms with Gasteiger partial charge >= 0.3 is 12.0 Å². The Hall–Kier alpha value is -0.910. The van der Waals surface area contributed by atoms with Gasteiger partial charge in [0.05, 0.1) is 0 Å². The summed E-state index contributed by atoms with van der Waals surface area (Å²) in [6.45, 7) is 6.18. The van der Waals surface area contributed by atoms with Crippen LogP contribution in [-0.2, 0) is 4.79 Å². The average Bonchev–Trinajstić information content (AvgIpc) is 2.36. The smallest absolute Gasteiger partial charge is 0.329 e. The van der Waals surface area contributed by atoms with Crippen molar-refractivity contribution in [3.05, 3.63) is 0 Å². The number of carboxylic acids is 1. The molecule has 1 heterocycles. The van der Waals surface area contributed by atoms with Crippen LogP contribution in [0.1, 0.15) is 40.0 Å². The molecular formula is C13H24N2O3S. The summed E-state index contributed by atoms with van der Waals surface area (Å²) in [7, 11) is 0. The van der Waals surface area contributed by atoms with Crippen molar-refractivity contribution in [2.45, 2.75) is 51.6 Å². The van der Waals surface area contributed by atoms with Gasteiger partial charge in [-0.2, -0.15) is 11.8 Å². The normalized spacial score (nSPS) is 24.9. The molecule has 6 heteroatoms. The van der Waals surface area contributed by atoms with E-state index < -0.39 is 11.5 Å². The molecule has 2 N–H and O–H groups in total. The molecule has 1 rings (SSSR count). The topological polar surface area (TPSA) is 69.6 Å². The van der Waals surface area contributed by atoms with E-state index in [4.69, 9.17) is 0 Å². The first-order valence-corrected chi connectivity index (χ1v) is 7.96. The standard InChI is InChI=1S/C13H24N2O3S/c1-4-19-9-10(2)14-12(18)15-8-6-5-7-13(15,3)11(16)17/h10H,4-9H2,1-3H3,(H,14,18)(H,16,17). The number of thioether (sulfide) groups is 1. The van der Waals surface area contributed by atoms with Crippen LogP contribution in [0.2, 0.25) is 0 Å². The van der Waals surface area contributed by atoms with Crippen LogP contribution in [0.15, 0.2) is 0 Å². The molecule has 1 saturated heterocycles. The van der Waals surface area contributed by atoms with Gasteiger partial charge in [0.1, 0.15) is 5.54 Å². The summed E-state index contributed by atoms with van der Waals surface area (Å²) in [5.41, 5.74) is -1.07. The molecular weight excluding hydrogens is 264 g/mol. The first-order chi connectivity index (χ1) is 8.91. The Morgan fingerprint density at radius 1 is 1.47 bits per heavy atom. The van der Waals surface area contributed by atoms with Crippen LogP contribution in [0.3, 0.4) is 0 Å². The highest BCUT2D eigenvalue weighted by Crippen LogP contribution is 2.28. The van der Waals surface area contributed by atoms with E-state index in [1.165, 1.54) is 4.90 Å². The van der Waals surface area contributed by atoms with Crippen molar-refractivity contribution in [3.8, 4) is 0 Å². The molecule has 5 nitrogen and oxygen atoms in total. The number of aliphatic carboxylic acids is 1. The highest BCUT2D eigenvalue weighted by molar-refractivity contribution is 7.99. The molecule has 2 unspecified atom stereocenters. The Bertz CT molecular complexity index is 338. The molecule has 110 valence electrons. The number of nitrogens with one attached hydrogen (secondary N) is 1. The molecule has 0 aromatic carbocycles. The lowest BCUT2D eigenvalue weighted by molar-refractivity contribution is -0.150. The lowest BCUT2D eigenvalue weighted by Gasteiger charge is -2.41. The molecule has 0 radical (unpaired) electrons. The summed E-state index contributed by atoms with van der Waals surface area (Å²) in [5.74, 6) is 0.939. The fourth-order valence-electron chi connectivity index (χ4n) is 2.29. The van der Waals surface area contributed by atoms with E-state index in [9.17, 15) is 14.7 Å². The first-order valence-electron chi connectivity index (χ1n) is 6.81. The van der Waals surface area contributed by atoms with Gasteiger partial charge in [0.2, 0.25) is 0 Å². The quantitative estimate of drug-likeness (QED) is 0.813. The molecule has 1 aliphatic rings. The fourth-order valence-corrected chi connectivity index (χ4v) is 2.97. The lowest BCUT2D eigenvalue weighted by Crippen LogP contribution is -2.61. The highest BCUT2D eigenvalue weighted by Gasteiger charge is 2.44. The first kappa shape index (κ1) is 16.1. The molecule has 0 bridgehead atoms. The summed E-state index contributed by atoms with van der Waals surface area (Å²) in [6.07, 6.45) is 2.25. The second kappa shape index (κ2) is 7.03. The third-order valence-electron chi connectivity index (χ3n) is 3.54. The van der Waals surface area contributed by atoms with Gasteiger partial charge in [0.15, 0.2) is 0 Å². The van der Waals surface area contributed by atoms with Crippen molar-refractivity contribution in [1.29, 1.82) is 0 Å². The van der Waals surface area contributed by atoms with Gasteiger partial charge in [-0.3, -0.25) is 0 Å². The molecule has 19 heavy (non-hydrogen) atoms. The monoisotopic (exact) mass is 288 g/mol. The van der Waals surface area contributed by atoms with E-state index in [2.05, 4.69) is 12.2 Å². The van der Waals surface area contributed by atoms with Crippen molar-refractivity contribution >= 4 is 23.8 Å². The maximum absolute atomic E-state index is 12.2. The minimum Gasteiger partial charge on any atom is -0.480 e. The van der Waals surface area contributed by atoms with Gasteiger partial charge in [-0.25, -0.2) is 9.59 Å². The van der Waals surface area contributed by atoms with Crippen molar-refractivity contribution in [1.82, 2.24) is 10.2 Å². The molecule has 0 saturated carbocycles. The summed E-state index contributed by atoms with van der Waals surface area (Å²) < 4.78 is 0. The van der Waals surface area contributed by atoms with E-state index in [1.807, 2.05) is 6.92 Å². The molecule has 0 aromatic heterocycles. The van der Waals surface area contributed by atoms with Crippen LogP contribution in [0, 0.1) is 0 Å². The predicted octanol–water partition coefficient (Wildman–Crippen LogP) is 2.17. The Labute approximate surface area is 119 Å². The zero-order valence-corrected chi connectivity index (χ0v) is 12.8. The van der Waals surface area contributed by atoms with Gasteiger partial charge in [0.25, 0.3) is 0 Å². The van der Waals surface area contributed by atoms with Crippen molar-refractivity contribution in [3.63, 3.8) is 0 Å². The fraction of sp³-hybridized carbons (Fsp3) is 0.846. The third-order valence-corrected chi connectivity index (χ3v) is 4.68. The van der Waals surface area contributed by atoms with Crippen molar-refractivity contribution in [2.75, 3.05) is 18.1 Å². The summed E-state index contributed by atoms with van der Waals surface area (Å²) in [5, 5.41) is 12.3. The van der Waals surface area contributed by atoms with Crippen LogP contribution >= 0.6 is 11.8 Å². The Kier molecular flexibility index (Phi) is 5.97. The number of amides is 2. The van der Waals surface area contributed by atoms with Crippen molar-refractivity contribution in [2.24, 2.45) is 0 Å². The van der Waals surface area contributed by atoms with E-state index in [0.29, 0.717) is 13.0 Å². The largest absolute Gasteiger partial charge is 0.480 e. The van der Waals surface area contributed by atoms with Crippen LogP contribution in [-0.4, -0.2) is 51.6 Å². The SMILES string of the molecule is CCSCC(C)NC(=O)N1CCCCC1(C)C(=O)O. The Balaban J connectivity index is 2.65. The minimum absolute atomic E-state index is 0.0532. The number of likely N-dealkylation sites (tertiary alicyclic amines) is 1. The molecule has 2 amide bonds. The number of nitrogens with zero attached hydrogens (tertiary/aromatic N) is 1. The summed E-state index contributed by atoms with van der Waals surface area (Å²) in [6, 6.07) is -0.203. The average molecular weight is 288 g/mol. The van der Waals surface area contributed by atoms with Gasteiger partial charge in [0, 0.05) is 18.3 Å². The number of hydrogen-bond donors (Lipinski definition) is 2. The molecule has 0 aliphatic carbocycles. The predicted molar refractivity (Wildman–Crippen MR) is 77.6 cm³/mol. The van der Waals surface area contributed by atoms with Gasteiger partial charge in [-0.1, -0.05) is 6.92 Å². The number of carboxylic acid groups (broad SMARTS) is 1. The van der Waals surface area contributed by atoms with Crippen LogP contribution < -0.4 is 5.32 Å². The maximum atomic E-state index is 12.2. The number of rotatable bonds is 5. The minimum atomic E-state index is -1.07. The van der Waals surface area contributed by atoms with Gasteiger partial charge < -0.3 is 15.3 Å². The number of carbonyl (C=O) groups excluding carboxylic acids is 1. The highest BCUT2D eigenvalue weighted by atomic mass is 32.2. The molecule has 1 fully saturated rings. The van der Waals surface area contributed by atoms with Crippen LogP contribution in [0.4, 0.5) is 4.79 Å². The maximum Gasteiger partial charge on any atom is 0.329 e. The van der Waals surface area contributed by atoms with E-state index in [1.54, 1.807) is 18.7 Å². The van der Waals surface area contributed by atoms with Crippen molar-refractivity contribution < 1.29 is 14.7 Å². The summed E-state index contributed by atoms with van der Waals surface area (Å²) in [4.78, 5) is 25.1. The number of urea groups is 1. The summed E-state index contributed by atoms with van der Waals surface area (Å²) >= 11 is 1.76. The van der Waals surface area contributed by atoms with Gasteiger partial charge in [-0.15, -0.1) is 0 Å². The second-order valence-corrected chi connectivity index (χ2v) is 6.52. The molecule has 0 aromatic rings. The second-order valence-electron chi connectivity index (χ2n) is 5.20. The molecule has 0 spiro atoms. The number of hydrogen-bond acceptors (Lipinski definition) is 3. The molecule has 2 atom stereocenters.